The number of nitrogens with zero attached hydrogens (tertiary/aromatic N) is 4. The van der Waals surface area contributed by atoms with Gasteiger partial charge in [0.05, 0.1) is 37.4 Å². The Balaban J connectivity index is 1.64. The Morgan fingerprint density at radius 1 is 1.23 bits per heavy atom. The highest BCUT2D eigenvalue weighted by Gasteiger charge is 2.37. The van der Waals surface area contributed by atoms with Crippen molar-refractivity contribution in [2.75, 3.05) is 40.5 Å². The number of ether oxygens (including phenoxy) is 3. The molecule has 0 amide bonds. The van der Waals surface area contributed by atoms with Crippen LogP contribution in [0.15, 0.2) is 24.4 Å². The molecule has 3 aromatic rings. The van der Waals surface area contributed by atoms with Crippen molar-refractivity contribution >= 4 is 11.0 Å². The lowest BCUT2D eigenvalue weighted by Gasteiger charge is -2.15. The fourth-order valence-electron chi connectivity index (χ4n) is 3.62. The van der Waals surface area contributed by atoms with Crippen LogP contribution in [0.2, 0.25) is 0 Å². The molecule has 0 radical (unpaired) electrons. The Hall–Kier alpha value is -3.45. The van der Waals surface area contributed by atoms with Gasteiger partial charge in [-0.25, -0.2) is 8.78 Å². The lowest BCUT2D eigenvalue weighted by atomic mass is 10.1. The zero-order chi connectivity index (χ0) is 22.0. The molecule has 1 aliphatic heterocycles. The summed E-state index contributed by atoms with van der Waals surface area (Å²) in [5, 5.41) is 10.0. The van der Waals surface area contributed by atoms with Crippen LogP contribution in [0.1, 0.15) is 12.0 Å². The van der Waals surface area contributed by atoms with Gasteiger partial charge >= 0.3 is 6.01 Å². The van der Waals surface area contributed by atoms with Crippen molar-refractivity contribution in [3.8, 4) is 34.8 Å². The molecule has 1 fully saturated rings. The summed E-state index contributed by atoms with van der Waals surface area (Å²) in [5.74, 6) is -1.57. The molecule has 8 nitrogen and oxygen atoms in total. The van der Waals surface area contributed by atoms with Gasteiger partial charge in [-0.05, 0) is 18.2 Å². The number of hydrogen-bond acceptors (Lipinski definition) is 7. The molecule has 0 saturated carbocycles. The molecule has 1 aromatic carbocycles. The van der Waals surface area contributed by atoms with Crippen molar-refractivity contribution in [1.29, 1.82) is 5.26 Å². The van der Waals surface area contributed by atoms with E-state index >= 15 is 0 Å². The highest BCUT2D eigenvalue weighted by molar-refractivity contribution is 5.95. The maximum atomic E-state index is 13.4. The van der Waals surface area contributed by atoms with Gasteiger partial charge in [0.2, 0.25) is 0 Å². The number of likely N-dealkylation sites (tertiary alicyclic amines) is 1. The second-order valence-electron chi connectivity index (χ2n) is 7.19. The SMILES string of the molecule is COc1ccc(-c2nc(OCCN3CCC(F)(F)C3)nc3[nH]cc(C#N)c23)cc1OC. The van der Waals surface area contributed by atoms with Gasteiger partial charge in [-0.3, -0.25) is 4.90 Å². The molecule has 1 saturated heterocycles. The predicted octanol–water partition coefficient (Wildman–Crippen LogP) is 3.23. The number of nitriles is 1. The van der Waals surface area contributed by atoms with Gasteiger partial charge in [0, 0.05) is 31.3 Å². The second kappa shape index (κ2) is 8.35. The number of methoxy groups -OCH3 is 2. The topological polar surface area (TPSA) is 96.3 Å². The normalized spacial score (nSPS) is 15.7. The Morgan fingerprint density at radius 3 is 2.71 bits per heavy atom. The Morgan fingerprint density at radius 2 is 2.03 bits per heavy atom. The number of aromatic amines is 1. The van der Waals surface area contributed by atoms with Crippen LogP contribution in [0.3, 0.4) is 0 Å². The van der Waals surface area contributed by atoms with Crippen LogP contribution >= 0.6 is 0 Å². The van der Waals surface area contributed by atoms with E-state index < -0.39 is 5.92 Å². The first-order valence-electron chi connectivity index (χ1n) is 9.68. The van der Waals surface area contributed by atoms with Crippen LogP contribution < -0.4 is 14.2 Å². The number of nitrogens with one attached hydrogen (secondary N) is 1. The van der Waals surface area contributed by atoms with E-state index in [9.17, 15) is 14.0 Å². The average Bonchev–Trinajstić information content (AvgIpc) is 3.34. The molecule has 1 N–H and O–H groups in total. The monoisotopic (exact) mass is 429 g/mol. The van der Waals surface area contributed by atoms with Gasteiger partial charge in [-0.2, -0.15) is 15.2 Å². The third-order valence-electron chi connectivity index (χ3n) is 5.18. The number of rotatable bonds is 7. The molecule has 3 heterocycles. The zero-order valence-electron chi connectivity index (χ0n) is 17.1. The quantitative estimate of drug-likeness (QED) is 0.616. The van der Waals surface area contributed by atoms with Crippen LogP contribution in [-0.2, 0) is 0 Å². The van der Waals surface area contributed by atoms with Gasteiger partial charge in [0.15, 0.2) is 11.5 Å². The van der Waals surface area contributed by atoms with Crippen LogP contribution in [-0.4, -0.2) is 66.2 Å². The zero-order valence-corrected chi connectivity index (χ0v) is 17.1. The standard InChI is InChI=1S/C21H21F2N5O3/c1-29-15-4-3-13(9-16(15)30-2)18-17-14(10-24)11-25-19(17)27-20(26-18)31-8-7-28-6-5-21(22,23)12-28/h3-4,9,11H,5-8,12H2,1-2H3,(H,25,26,27). The maximum absolute atomic E-state index is 13.4. The molecule has 0 aliphatic carbocycles. The fraction of sp³-hybridized carbons (Fsp3) is 0.381. The number of alkyl halides is 2. The van der Waals surface area contributed by atoms with E-state index in [0.717, 1.165) is 0 Å². The van der Waals surface area contributed by atoms with E-state index in [1.165, 1.54) is 7.11 Å². The van der Waals surface area contributed by atoms with Gasteiger partial charge in [0.25, 0.3) is 5.92 Å². The molecule has 0 atom stereocenters. The third-order valence-corrected chi connectivity index (χ3v) is 5.18. The van der Waals surface area contributed by atoms with E-state index in [-0.39, 0.29) is 25.6 Å². The summed E-state index contributed by atoms with van der Waals surface area (Å²) in [5.41, 5.74) is 2.02. The molecule has 1 aliphatic rings. The smallest absolute Gasteiger partial charge is 0.319 e. The maximum Gasteiger partial charge on any atom is 0.319 e. The first-order chi connectivity index (χ1) is 14.9. The summed E-state index contributed by atoms with van der Waals surface area (Å²) in [6.45, 7) is 0.570. The molecule has 0 bridgehead atoms. The highest BCUT2D eigenvalue weighted by atomic mass is 19.3. The predicted molar refractivity (Wildman–Crippen MR) is 109 cm³/mol. The molecule has 2 aromatic heterocycles. The van der Waals surface area contributed by atoms with E-state index in [0.29, 0.717) is 52.4 Å². The van der Waals surface area contributed by atoms with Gasteiger partial charge < -0.3 is 19.2 Å². The molecule has 10 heteroatoms. The van der Waals surface area contributed by atoms with Gasteiger partial charge in [-0.15, -0.1) is 0 Å². The molecule has 0 spiro atoms. The van der Waals surface area contributed by atoms with Gasteiger partial charge in [-0.1, -0.05) is 0 Å². The van der Waals surface area contributed by atoms with Crippen molar-refractivity contribution in [3.63, 3.8) is 0 Å². The molecular weight excluding hydrogens is 408 g/mol. The largest absolute Gasteiger partial charge is 0.493 e. The summed E-state index contributed by atoms with van der Waals surface area (Å²) in [6, 6.07) is 7.52. The summed E-state index contributed by atoms with van der Waals surface area (Å²) in [7, 11) is 3.08. The Bertz CT molecular complexity index is 1140. The number of hydrogen-bond donors (Lipinski definition) is 1. The minimum absolute atomic E-state index is 0.0922. The van der Waals surface area contributed by atoms with Crippen molar-refractivity contribution in [2.45, 2.75) is 12.3 Å². The van der Waals surface area contributed by atoms with Crippen LogP contribution in [0.25, 0.3) is 22.3 Å². The number of benzene rings is 1. The van der Waals surface area contributed by atoms with E-state index in [4.69, 9.17) is 14.2 Å². The minimum Gasteiger partial charge on any atom is -0.493 e. The van der Waals surface area contributed by atoms with Crippen LogP contribution in [0, 0.1) is 11.3 Å². The molecule has 4 rings (SSSR count). The van der Waals surface area contributed by atoms with Crippen molar-refractivity contribution < 1.29 is 23.0 Å². The molecular formula is C21H21F2N5O3. The van der Waals surface area contributed by atoms with Crippen molar-refractivity contribution in [3.05, 3.63) is 30.0 Å². The number of halogens is 2. The van der Waals surface area contributed by atoms with E-state index in [1.807, 2.05) is 0 Å². The van der Waals surface area contributed by atoms with Crippen LogP contribution in [0.4, 0.5) is 8.78 Å². The summed E-state index contributed by atoms with van der Waals surface area (Å²) in [6.07, 6.45) is 1.41. The molecule has 31 heavy (non-hydrogen) atoms. The van der Waals surface area contributed by atoms with Crippen molar-refractivity contribution in [2.24, 2.45) is 0 Å². The fourth-order valence-corrected chi connectivity index (χ4v) is 3.62. The third kappa shape index (κ3) is 4.22. The highest BCUT2D eigenvalue weighted by Crippen LogP contribution is 2.36. The number of H-pyrrole nitrogens is 1. The Labute approximate surface area is 177 Å². The number of fused-ring (bicyclic) bond motifs is 1. The van der Waals surface area contributed by atoms with E-state index in [2.05, 4.69) is 21.0 Å². The van der Waals surface area contributed by atoms with Crippen LogP contribution in [0.5, 0.6) is 17.5 Å². The average molecular weight is 429 g/mol. The first-order valence-corrected chi connectivity index (χ1v) is 9.68. The Kier molecular flexibility index (Phi) is 5.61. The van der Waals surface area contributed by atoms with Gasteiger partial charge in [0.1, 0.15) is 18.3 Å². The molecule has 0 unspecified atom stereocenters. The second-order valence-corrected chi connectivity index (χ2v) is 7.19. The van der Waals surface area contributed by atoms with E-state index in [1.54, 1.807) is 36.4 Å². The molecule has 162 valence electrons. The lowest BCUT2D eigenvalue weighted by Crippen LogP contribution is -2.29. The summed E-state index contributed by atoms with van der Waals surface area (Å²) >= 11 is 0. The summed E-state index contributed by atoms with van der Waals surface area (Å²) < 4.78 is 43.1. The lowest BCUT2D eigenvalue weighted by molar-refractivity contribution is 0.0112. The number of aromatic nitrogens is 3. The first kappa shape index (κ1) is 20.8. The van der Waals surface area contributed by atoms with Crippen molar-refractivity contribution in [1.82, 2.24) is 19.9 Å². The summed E-state index contributed by atoms with van der Waals surface area (Å²) in [4.78, 5) is 13.5. The minimum atomic E-state index is -2.64.